The lowest BCUT2D eigenvalue weighted by Crippen LogP contribution is -1.81. The lowest BCUT2D eigenvalue weighted by molar-refractivity contribution is 1.29. The zero-order valence-corrected chi connectivity index (χ0v) is 7.88. The van der Waals surface area contributed by atoms with Crippen LogP contribution < -0.4 is 0 Å². The molecule has 12 heavy (non-hydrogen) atoms. The number of aryl methyl sites for hydroxylation is 2. The molecule has 1 aromatic heterocycles. The van der Waals surface area contributed by atoms with Crippen molar-refractivity contribution < 1.29 is 0 Å². The number of hydrogen-bond donors (Lipinski definition) is 2. The van der Waals surface area contributed by atoms with E-state index >= 15 is 0 Å². The highest BCUT2D eigenvalue weighted by Gasteiger charge is 2.00. The molecule has 0 saturated heterocycles. The van der Waals surface area contributed by atoms with Crippen LogP contribution >= 0.6 is 12.2 Å². The summed E-state index contributed by atoms with van der Waals surface area (Å²) in [4.78, 5) is 6.21. The fraction of sp³-hybridized carbons (Fsp3) is 0.222. The maximum atomic E-state index is 5.00. The number of hydrogen-bond acceptors (Lipinski definition) is 1. The van der Waals surface area contributed by atoms with Gasteiger partial charge < -0.3 is 9.97 Å². The summed E-state index contributed by atoms with van der Waals surface area (Å²) in [7, 11) is 0. The van der Waals surface area contributed by atoms with Crippen molar-refractivity contribution in [3.05, 3.63) is 28.0 Å². The second kappa shape index (κ2) is 2.45. The lowest BCUT2D eigenvalue weighted by Gasteiger charge is -1.98. The van der Waals surface area contributed by atoms with Crippen LogP contribution in [-0.4, -0.2) is 9.97 Å². The molecule has 0 radical (unpaired) electrons. The monoisotopic (exact) mass is 178 g/mol. The van der Waals surface area contributed by atoms with Gasteiger partial charge in [-0.3, -0.25) is 0 Å². The van der Waals surface area contributed by atoms with Gasteiger partial charge in [0.25, 0.3) is 0 Å². The van der Waals surface area contributed by atoms with Crippen LogP contribution in [0.3, 0.4) is 0 Å². The standard InChI is InChI=1S/C9H10N2S/c1-5-3-4-7-8(6(5)2)11-9(12)10-7/h3-4H,1-2H3,(H2,10,11,12). The number of aromatic nitrogens is 2. The first-order valence-corrected chi connectivity index (χ1v) is 4.27. The summed E-state index contributed by atoms with van der Waals surface area (Å²) in [6.45, 7) is 4.19. The van der Waals surface area contributed by atoms with Crippen molar-refractivity contribution in [1.29, 1.82) is 0 Å². The summed E-state index contributed by atoms with van der Waals surface area (Å²) in [5.74, 6) is 0. The summed E-state index contributed by atoms with van der Waals surface area (Å²) >= 11 is 5.00. The predicted molar refractivity (Wildman–Crippen MR) is 53.0 cm³/mol. The molecule has 0 atom stereocenters. The van der Waals surface area contributed by atoms with E-state index in [0.29, 0.717) is 4.77 Å². The van der Waals surface area contributed by atoms with Gasteiger partial charge in [-0.05, 0) is 43.3 Å². The van der Waals surface area contributed by atoms with Crippen LogP contribution in [0, 0.1) is 18.6 Å². The fourth-order valence-electron chi connectivity index (χ4n) is 1.35. The minimum absolute atomic E-state index is 0.693. The highest BCUT2D eigenvalue weighted by Crippen LogP contribution is 2.17. The van der Waals surface area contributed by atoms with Gasteiger partial charge in [0.1, 0.15) is 0 Å². The Hall–Kier alpha value is -1.09. The smallest absolute Gasteiger partial charge is 0.175 e. The van der Waals surface area contributed by atoms with Gasteiger partial charge in [-0.15, -0.1) is 0 Å². The van der Waals surface area contributed by atoms with Crippen LogP contribution in [0.5, 0.6) is 0 Å². The normalized spacial score (nSPS) is 10.8. The third kappa shape index (κ3) is 0.975. The first kappa shape index (κ1) is 7.55. The topological polar surface area (TPSA) is 31.6 Å². The number of benzene rings is 1. The molecule has 1 aromatic carbocycles. The van der Waals surface area contributed by atoms with Crippen LogP contribution in [0.2, 0.25) is 0 Å². The van der Waals surface area contributed by atoms with Crippen molar-refractivity contribution in [2.45, 2.75) is 13.8 Å². The van der Waals surface area contributed by atoms with E-state index in [2.05, 4.69) is 29.9 Å². The Labute approximate surface area is 75.6 Å². The lowest BCUT2D eigenvalue weighted by atomic mass is 10.1. The minimum atomic E-state index is 0.693. The molecule has 0 aliphatic heterocycles. The molecular weight excluding hydrogens is 168 g/mol. The average molecular weight is 178 g/mol. The van der Waals surface area contributed by atoms with Gasteiger partial charge in [-0.25, -0.2) is 0 Å². The zero-order valence-electron chi connectivity index (χ0n) is 7.06. The van der Waals surface area contributed by atoms with E-state index in [4.69, 9.17) is 12.2 Å². The van der Waals surface area contributed by atoms with E-state index in [1.807, 2.05) is 6.07 Å². The molecule has 2 rings (SSSR count). The number of fused-ring (bicyclic) bond motifs is 1. The van der Waals surface area contributed by atoms with Gasteiger partial charge in [0.2, 0.25) is 0 Å². The summed E-state index contributed by atoms with van der Waals surface area (Å²) < 4.78 is 0.693. The van der Waals surface area contributed by atoms with E-state index in [-0.39, 0.29) is 0 Å². The zero-order chi connectivity index (χ0) is 8.72. The molecule has 1 heterocycles. The Morgan fingerprint density at radius 1 is 1.17 bits per heavy atom. The van der Waals surface area contributed by atoms with Crippen LogP contribution in [0.25, 0.3) is 11.0 Å². The van der Waals surface area contributed by atoms with Crippen molar-refractivity contribution in [2.24, 2.45) is 0 Å². The van der Waals surface area contributed by atoms with Crippen LogP contribution in [0.15, 0.2) is 12.1 Å². The summed E-state index contributed by atoms with van der Waals surface area (Å²) in [6, 6.07) is 4.14. The van der Waals surface area contributed by atoms with Crippen molar-refractivity contribution in [3.8, 4) is 0 Å². The van der Waals surface area contributed by atoms with Crippen molar-refractivity contribution >= 4 is 23.3 Å². The molecule has 3 heteroatoms. The van der Waals surface area contributed by atoms with Crippen molar-refractivity contribution in [2.75, 3.05) is 0 Å². The SMILES string of the molecule is Cc1ccc2[nH]c(=S)[nH]c2c1C. The molecule has 0 aliphatic rings. The van der Waals surface area contributed by atoms with Gasteiger partial charge in [0.15, 0.2) is 4.77 Å². The largest absolute Gasteiger partial charge is 0.331 e. The molecule has 2 N–H and O–H groups in total. The van der Waals surface area contributed by atoms with E-state index < -0.39 is 0 Å². The molecule has 0 aliphatic carbocycles. The summed E-state index contributed by atoms with van der Waals surface area (Å²) in [5, 5.41) is 0. The van der Waals surface area contributed by atoms with Gasteiger partial charge in [0.05, 0.1) is 11.0 Å². The Kier molecular flexibility index (Phi) is 1.54. The Morgan fingerprint density at radius 2 is 1.92 bits per heavy atom. The third-order valence-corrected chi connectivity index (χ3v) is 2.43. The second-order valence-electron chi connectivity index (χ2n) is 3.01. The summed E-state index contributed by atoms with van der Waals surface area (Å²) in [6.07, 6.45) is 0. The molecule has 0 saturated carbocycles. The van der Waals surface area contributed by atoms with Gasteiger partial charge in [-0.2, -0.15) is 0 Å². The van der Waals surface area contributed by atoms with Crippen molar-refractivity contribution in [3.63, 3.8) is 0 Å². The Bertz CT molecular complexity index is 479. The number of imidazole rings is 1. The van der Waals surface area contributed by atoms with E-state index in [0.717, 1.165) is 11.0 Å². The molecule has 2 aromatic rings. The highest BCUT2D eigenvalue weighted by molar-refractivity contribution is 7.71. The maximum Gasteiger partial charge on any atom is 0.175 e. The average Bonchev–Trinajstić information content (AvgIpc) is 2.39. The van der Waals surface area contributed by atoms with Crippen LogP contribution in [-0.2, 0) is 0 Å². The highest BCUT2D eigenvalue weighted by atomic mass is 32.1. The van der Waals surface area contributed by atoms with Gasteiger partial charge in [0, 0.05) is 0 Å². The van der Waals surface area contributed by atoms with E-state index in [1.54, 1.807) is 0 Å². The second-order valence-corrected chi connectivity index (χ2v) is 3.42. The molecule has 62 valence electrons. The van der Waals surface area contributed by atoms with Gasteiger partial charge >= 0.3 is 0 Å². The Morgan fingerprint density at radius 3 is 2.67 bits per heavy atom. The number of aromatic amines is 2. The maximum absolute atomic E-state index is 5.00. The number of nitrogens with one attached hydrogen (secondary N) is 2. The minimum Gasteiger partial charge on any atom is -0.331 e. The van der Waals surface area contributed by atoms with E-state index in [1.165, 1.54) is 11.1 Å². The first-order chi connectivity index (χ1) is 5.68. The Balaban J connectivity index is 2.99. The molecular formula is C9H10N2S. The van der Waals surface area contributed by atoms with E-state index in [9.17, 15) is 0 Å². The van der Waals surface area contributed by atoms with Gasteiger partial charge in [-0.1, -0.05) is 6.07 Å². The predicted octanol–water partition coefficient (Wildman–Crippen LogP) is 2.84. The van der Waals surface area contributed by atoms with Crippen LogP contribution in [0.4, 0.5) is 0 Å². The van der Waals surface area contributed by atoms with Crippen molar-refractivity contribution in [1.82, 2.24) is 9.97 Å². The molecule has 0 spiro atoms. The quantitative estimate of drug-likeness (QED) is 0.597. The first-order valence-electron chi connectivity index (χ1n) is 3.86. The number of H-pyrrole nitrogens is 2. The molecule has 0 amide bonds. The number of rotatable bonds is 0. The molecule has 0 unspecified atom stereocenters. The summed E-state index contributed by atoms with van der Waals surface area (Å²) in [5.41, 5.74) is 4.76. The van der Waals surface area contributed by atoms with Crippen LogP contribution in [0.1, 0.15) is 11.1 Å². The fourth-order valence-corrected chi connectivity index (χ4v) is 1.56. The molecule has 2 nitrogen and oxygen atoms in total. The third-order valence-electron chi connectivity index (χ3n) is 2.22. The molecule has 0 bridgehead atoms. The molecule has 0 fully saturated rings.